The van der Waals surface area contributed by atoms with Crippen LogP contribution >= 0.6 is 0 Å². The van der Waals surface area contributed by atoms with Gasteiger partial charge in [-0.2, -0.15) is 0 Å². The molecule has 37 heavy (non-hydrogen) atoms. The molecule has 6 rings (SSSR count). The van der Waals surface area contributed by atoms with Crippen LogP contribution in [0.5, 0.6) is 0 Å². The zero-order valence-electron chi connectivity index (χ0n) is 20.6. The number of nitrogens with zero attached hydrogens (tertiary/aromatic N) is 3. The average molecular weight is 496 g/mol. The number of nitro groups is 1. The third kappa shape index (κ3) is 4.77. The second kappa shape index (κ2) is 9.88. The summed E-state index contributed by atoms with van der Waals surface area (Å²) in [6, 6.07) is 18.9. The van der Waals surface area contributed by atoms with Crippen LogP contribution in [0.1, 0.15) is 46.6 Å². The molecule has 3 aromatic rings. The van der Waals surface area contributed by atoms with E-state index in [0.29, 0.717) is 17.0 Å². The first-order valence-corrected chi connectivity index (χ1v) is 12.9. The number of nitro benzene ring substituents is 1. The summed E-state index contributed by atoms with van der Waals surface area (Å²) in [5.74, 6) is -0.963. The van der Waals surface area contributed by atoms with E-state index in [0.717, 1.165) is 50.4 Å². The molecule has 0 saturated carbocycles. The number of aliphatic imine (C=N–C) groups is 1. The Bertz CT molecular complexity index is 1390. The van der Waals surface area contributed by atoms with Crippen molar-refractivity contribution in [3.63, 3.8) is 0 Å². The zero-order chi connectivity index (χ0) is 25.4. The second-order valence-corrected chi connectivity index (χ2v) is 10.0. The van der Waals surface area contributed by atoms with E-state index in [1.165, 1.54) is 41.7 Å². The van der Waals surface area contributed by atoms with Gasteiger partial charge in [-0.3, -0.25) is 24.8 Å². The molecule has 0 bridgehead atoms. The van der Waals surface area contributed by atoms with E-state index >= 15 is 0 Å². The SMILES string of the molecule is O=C1Nc2ccc([N+](=O)[O-])cc2C1C(=Nc1ccc2c(c1)CCNC2)c1ccc(CN2CCCC2)cc1. The molecule has 1 unspecified atom stereocenters. The molecule has 3 heterocycles. The maximum atomic E-state index is 13.3. The molecule has 8 heteroatoms. The van der Waals surface area contributed by atoms with Crippen molar-refractivity contribution in [1.82, 2.24) is 10.2 Å². The van der Waals surface area contributed by atoms with E-state index in [2.05, 4.69) is 39.8 Å². The number of carbonyl (C=O) groups excluding carboxylic acids is 1. The van der Waals surface area contributed by atoms with Crippen LogP contribution in [-0.2, 0) is 24.3 Å². The third-order valence-corrected chi connectivity index (χ3v) is 7.53. The molecule has 0 aliphatic carbocycles. The van der Waals surface area contributed by atoms with Crippen molar-refractivity contribution in [2.75, 3.05) is 25.0 Å². The molecule has 0 aromatic heterocycles. The summed E-state index contributed by atoms with van der Waals surface area (Å²) in [6.07, 6.45) is 3.42. The minimum absolute atomic E-state index is 0.0400. The van der Waals surface area contributed by atoms with E-state index < -0.39 is 10.8 Å². The van der Waals surface area contributed by atoms with Crippen molar-refractivity contribution < 1.29 is 9.72 Å². The Balaban J connectivity index is 1.42. The van der Waals surface area contributed by atoms with E-state index in [-0.39, 0.29) is 11.6 Å². The lowest BCUT2D eigenvalue weighted by molar-refractivity contribution is -0.384. The highest BCUT2D eigenvalue weighted by Gasteiger charge is 2.36. The van der Waals surface area contributed by atoms with Crippen molar-refractivity contribution in [3.05, 3.63) is 98.6 Å². The maximum absolute atomic E-state index is 13.3. The Labute approximate surface area is 215 Å². The molecule has 1 atom stereocenters. The second-order valence-electron chi connectivity index (χ2n) is 10.0. The lowest BCUT2D eigenvalue weighted by Gasteiger charge is -2.18. The molecular weight excluding hydrogens is 466 g/mol. The first kappa shape index (κ1) is 23.5. The zero-order valence-corrected chi connectivity index (χ0v) is 20.6. The lowest BCUT2D eigenvalue weighted by atomic mass is 9.90. The Hall–Kier alpha value is -3.88. The summed E-state index contributed by atoms with van der Waals surface area (Å²) in [5, 5.41) is 17.8. The summed E-state index contributed by atoms with van der Waals surface area (Å²) in [4.78, 5) is 31.8. The molecule has 3 aliphatic rings. The van der Waals surface area contributed by atoms with Gasteiger partial charge in [0.1, 0.15) is 5.92 Å². The fourth-order valence-corrected chi connectivity index (χ4v) is 5.58. The molecule has 1 amide bonds. The third-order valence-electron chi connectivity index (χ3n) is 7.53. The van der Waals surface area contributed by atoms with Crippen LogP contribution in [0, 0.1) is 10.1 Å². The number of rotatable bonds is 6. The summed E-state index contributed by atoms with van der Waals surface area (Å²) in [6.45, 7) is 4.92. The van der Waals surface area contributed by atoms with Crippen molar-refractivity contribution in [1.29, 1.82) is 0 Å². The molecule has 8 nitrogen and oxygen atoms in total. The summed E-state index contributed by atoms with van der Waals surface area (Å²) < 4.78 is 0. The van der Waals surface area contributed by atoms with Gasteiger partial charge in [-0.25, -0.2) is 0 Å². The molecule has 3 aliphatic heterocycles. The van der Waals surface area contributed by atoms with Gasteiger partial charge in [-0.05, 0) is 79.3 Å². The highest BCUT2D eigenvalue weighted by molar-refractivity contribution is 6.24. The molecule has 3 aromatic carbocycles. The van der Waals surface area contributed by atoms with E-state index in [4.69, 9.17) is 4.99 Å². The highest BCUT2D eigenvalue weighted by atomic mass is 16.6. The van der Waals surface area contributed by atoms with Gasteiger partial charge in [0.05, 0.1) is 16.3 Å². The van der Waals surface area contributed by atoms with Gasteiger partial charge >= 0.3 is 0 Å². The lowest BCUT2D eigenvalue weighted by Crippen LogP contribution is -2.23. The Morgan fingerprint density at radius 1 is 1.03 bits per heavy atom. The minimum atomic E-state index is -0.739. The monoisotopic (exact) mass is 495 g/mol. The van der Waals surface area contributed by atoms with Crippen LogP contribution in [0.4, 0.5) is 17.1 Å². The van der Waals surface area contributed by atoms with Crippen LogP contribution in [0.15, 0.2) is 65.7 Å². The fourth-order valence-electron chi connectivity index (χ4n) is 5.58. The first-order valence-electron chi connectivity index (χ1n) is 12.9. The Kier molecular flexibility index (Phi) is 6.28. The summed E-state index contributed by atoms with van der Waals surface area (Å²) in [5.41, 5.74) is 7.09. The van der Waals surface area contributed by atoms with E-state index in [1.807, 2.05) is 18.2 Å². The standard InChI is InChI=1S/C29H29N5O3/c35-29-27(25-16-24(34(36)37)9-10-26(25)32-29)28(31-23-8-7-22-17-30-12-11-21(22)15-23)20-5-3-19(4-6-20)18-33-13-1-2-14-33/h3-10,15-16,27,30H,1-2,11-14,17-18H2,(H,32,35). The number of anilines is 1. The molecule has 1 fully saturated rings. The van der Waals surface area contributed by atoms with Crippen molar-refractivity contribution >= 4 is 28.7 Å². The topological polar surface area (TPSA) is 99.9 Å². The van der Waals surface area contributed by atoms with Crippen LogP contribution in [0.3, 0.4) is 0 Å². The number of likely N-dealkylation sites (tertiary alicyclic amines) is 1. The first-order chi connectivity index (χ1) is 18.0. The number of benzene rings is 3. The predicted molar refractivity (Wildman–Crippen MR) is 143 cm³/mol. The van der Waals surface area contributed by atoms with Gasteiger partial charge < -0.3 is 10.6 Å². The molecule has 1 saturated heterocycles. The van der Waals surface area contributed by atoms with Crippen molar-refractivity contribution in [3.8, 4) is 0 Å². The number of nitrogens with one attached hydrogen (secondary N) is 2. The fraction of sp³-hybridized carbons (Fsp3) is 0.310. The van der Waals surface area contributed by atoms with Crippen molar-refractivity contribution in [2.24, 2.45) is 4.99 Å². The maximum Gasteiger partial charge on any atom is 0.269 e. The number of carbonyl (C=O) groups is 1. The minimum Gasteiger partial charge on any atom is -0.325 e. The van der Waals surface area contributed by atoms with E-state index in [9.17, 15) is 14.9 Å². The van der Waals surface area contributed by atoms with E-state index in [1.54, 1.807) is 6.07 Å². The average Bonchev–Trinajstić information content (AvgIpc) is 3.54. The van der Waals surface area contributed by atoms with Gasteiger partial charge in [-0.15, -0.1) is 0 Å². The smallest absolute Gasteiger partial charge is 0.269 e. The number of hydrogen-bond donors (Lipinski definition) is 2. The number of non-ortho nitro benzene ring substituents is 1. The molecule has 2 N–H and O–H groups in total. The van der Waals surface area contributed by atoms with Gasteiger partial charge in [-0.1, -0.05) is 30.3 Å². The predicted octanol–water partition coefficient (Wildman–Crippen LogP) is 4.69. The van der Waals surface area contributed by atoms with Crippen LogP contribution < -0.4 is 10.6 Å². The van der Waals surface area contributed by atoms with Gasteiger partial charge in [0.25, 0.3) is 5.69 Å². The highest BCUT2D eigenvalue weighted by Crippen LogP contribution is 2.38. The van der Waals surface area contributed by atoms with Crippen LogP contribution in [0.25, 0.3) is 0 Å². The quantitative estimate of drug-likeness (QED) is 0.294. The molecule has 0 radical (unpaired) electrons. The molecule has 0 spiro atoms. The molecular formula is C29H29N5O3. The van der Waals surface area contributed by atoms with Crippen LogP contribution in [-0.4, -0.2) is 41.1 Å². The van der Waals surface area contributed by atoms with Crippen LogP contribution in [0.2, 0.25) is 0 Å². The normalized spacial score (nSPS) is 19.4. The number of amides is 1. The largest absolute Gasteiger partial charge is 0.325 e. The summed E-state index contributed by atoms with van der Waals surface area (Å²) in [7, 11) is 0. The number of hydrogen-bond acceptors (Lipinski definition) is 6. The Morgan fingerprint density at radius 2 is 1.84 bits per heavy atom. The van der Waals surface area contributed by atoms with Crippen molar-refractivity contribution in [2.45, 2.75) is 38.3 Å². The van der Waals surface area contributed by atoms with Gasteiger partial charge in [0.2, 0.25) is 5.91 Å². The number of fused-ring (bicyclic) bond motifs is 2. The molecule has 188 valence electrons. The summed E-state index contributed by atoms with van der Waals surface area (Å²) >= 11 is 0. The van der Waals surface area contributed by atoms with Gasteiger partial charge in [0.15, 0.2) is 0 Å². The van der Waals surface area contributed by atoms with Gasteiger partial charge in [0, 0.05) is 36.5 Å². The Morgan fingerprint density at radius 3 is 2.62 bits per heavy atom.